The number of aromatic nitrogens is 3. The maximum atomic E-state index is 6.02. The van der Waals surface area contributed by atoms with E-state index in [4.69, 9.17) is 16.3 Å². The second-order valence-electron chi connectivity index (χ2n) is 4.15. The van der Waals surface area contributed by atoms with Crippen LogP contribution >= 0.6 is 11.6 Å². The molecule has 0 saturated carbocycles. The Kier molecular flexibility index (Phi) is 7.54. The summed E-state index contributed by atoms with van der Waals surface area (Å²) in [6.07, 6.45) is 0. The van der Waals surface area contributed by atoms with Crippen molar-refractivity contribution in [2.24, 2.45) is 0 Å². The highest BCUT2D eigenvalue weighted by molar-refractivity contribution is 6.28. The van der Waals surface area contributed by atoms with Gasteiger partial charge in [-0.25, -0.2) is 0 Å². The third kappa shape index (κ3) is 4.76. The van der Waals surface area contributed by atoms with E-state index in [2.05, 4.69) is 35.7 Å². The van der Waals surface area contributed by atoms with E-state index in [1.165, 1.54) is 0 Å². The van der Waals surface area contributed by atoms with Crippen molar-refractivity contribution in [2.45, 2.75) is 27.7 Å². The summed E-state index contributed by atoms with van der Waals surface area (Å²) in [5.74, 6) is 1.23. The Bertz CT molecular complexity index is 400. The normalized spacial score (nSPS) is 10.7. The second-order valence-corrected chi connectivity index (χ2v) is 4.49. The molecule has 0 unspecified atom stereocenters. The number of halogens is 1. The summed E-state index contributed by atoms with van der Waals surface area (Å²) < 4.78 is 5.38. The van der Waals surface area contributed by atoms with Crippen LogP contribution in [0.3, 0.4) is 0 Å². The van der Waals surface area contributed by atoms with Crippen molar-refractivity contribution in [3.8, 4) is 0 Å². The molecule has 0 aliphatic rings. The highest BCUT2D eigenvalue weighted by Crippen LogP contribution is 2.16. The SMILES string of the molecule is CCOCCN(CC)c1nc(Cl)nc(N(CC)CC)n1. The lowest BCUT2D eigenvalue weighted by atomic mass is 10.5. The first-order valence-electron chi connectivity index (χ1n) is 7.15. The topological polar surface area (TPSA) is 54.4 Å². The summed E-state index contributed by atoms with van der Waals surface area (Å²) in [6.45, 7) is 12.7. The highest BCUT2D eigenvalue weighted by atomic mass is 35.5. The van der Waals surface area contributed by atoms with Crippen molar-refractivity contribution in [2.75, 3.05) is 49.2 Å². The van der Waals surface area contributed by atoms with Crippen molar-refractivity contribution in [1.29, 1.82) is 0 Å². The number of hydrogen-bond acceptors (Lipinski definition) is 6. The number of anilines is 2. The van der Waals surface area contributed by atoms with Crippen LogP contribution in [-0.2, 0) is 4.74 Å². The summed E-state index contributed by atoms with van der Waals surface area (Å²) in [6, 6.07) is 0. The molecule has 0 amide bonds. The molecule has 0 aliphatic heterocycles. The molecular formula is C13H24ClN5O. The Morgan fingerprint density at radius 3 is 1.95 bits per heavy atom. The van der Waals surface area contributed by atoms with Crippen molar-refractivity contribution in [3.63, 3.8) is 0 Å². The van der Waals surface area contributed by atoms with Crippen molar-refractivity contribution < 1.29 is 4.74 Å². The van der Waals surface area contributed by atoms with E-state index in [-0.39, 0.29) is 5.28 Å². The first kappa shape index (κ1) is 16.9. The van der Waals surface area contributed by atoms with Gasteiger partial charge in [-0.15, -0.1) is 0 Å². The number of nitrogens with zero attached hydrogens (tertiary/aromatic N) is 5. The maximum Gasteiger partial charge on any atom is 0.231 e. The number of rotatable bonds is 9. The lowest BCUT2D eigenvalue weighted by Gasteiger charge is -2.23. The largest absolute Gasteiger partial charge is 0.380 e. The molecule has 0 atom stereocenters. The molecule has 114 valence electrons. The van der Waals surface area contributed by atoms with Crippen LogP contribution in [0, 0.1) is 0 Å². The van der Waals surface area contributed by atoms with Crippen LogP contribution in [0.1, 0.15) is 27.7 Å². The molecule has 0 spiro atoms. The predicted molar refractivity (Wildman–Crippen MR) is 82.8 cm³/mol. The predicted octanol–water partition coefficient (Wildman–Crippen LogP) is 2.23. The Morgan fingerprint density at radius 1 is 0.900 bits per heavy atom. The highest BCUT2D eigenvalue weighted by Gasteiger charge is 2.14. The van der Waals surface area contributed by atoms with Gasteiger partial charge in [0.2, 0.25) is 17.2 Å². The quantitative estimate of drug-likeness (QED) is 0.652. The van der Waals surface area contributed by atoms with Gasteiger partial charge in [0.05, 0.1) is 6.61 Å². The molecule has 0 bridgehead atoms. The van der Waals surface area contributed by atoms with Crippen molar-refractivity contribution >= 4 is 23.5 Å². The van der Waals surface area contributed by atoms with E-state index >= 15 is 0 Å². The summed E-state index contributed by atoms with van der Waals surface area (Å²) in [4.78, 5) is 17.0. The molecule has 0 radical (unpaired) electrons. The van der Waals surface area contributed by atoms with Gasteiger partial charge in [-0.3, -0.25) is 0 Å². The summed E-state index contributed by atoms with van der Waals surface area (Å²) in [5, 5.41) is 0.228. The Labute approximate surface area is 126 Å². The molecule has 1 rings (SSSR count). The molecule has 0 saturated heterocycles. The van der Waals surface area contributed by atoms with Crippen LogP contribution in [-0.4, -0.2) is 54.3 Å². The fourth-order valence-electron chi connectivity index (χ4n) is 1.84. The summed E-state index contributed by atoms with van der Waals surface area (Å²) in [5.41, 5.74) is 0. The van der Waals surface area contributed by atoms with Crippen molar-refractivity contribution in [1.82, 2.24) is 15.0 Å². The number of hydrogen-bond donors (Lipinski definition) is 0. The first-order chi connectivity index (χ1) is 9.65. The third-order valence-electron chi connectivity index (χ3n) is 3.01. The minimum atomic E-state index is 0.228. The van der Waals surface area contributed by atoms with Crippen LogP contribution in [0.15, 0.2) is 0 Å². The third-order valence-corrected chi connectivity index (χ3v) is 3.17. The second kappa shape index (κ2) is 8.92. The molecule has 0 fully saturated rings. The van der Waals surface area contributed by atoms with Crippen molar-refractivity contribution in [3.05, 3.63) is 5.28 Å². The van der Waals surface area contributed by atoms with Gasteiger partial charge in [-0.2, -0.15) is 15.0 Å². The van der Waals surface area contributed by atoms with Crippen LogP contribution in [0.2, 0.25) is 5.28 Å². The van der Waals surface area contributed by atoms with Gasteiger partial charge in [0, 0.05) is 32.8 Å². The molecule has 0 N–H and O–H groups in total. The maximum absolute atomic E-state index is 6.02. The van der Waals surface area contributed by atoms with Gasteiger partial charge < -0.3 is 14.5 Å². The Balaban J connectivity index is 2.91. The minimum Gasteiger partial charge on any atom is -0.380 e. The van der Waals surface area contributed by atoms with Gasteiger partial charge in [-0.1, -0.05) is 0 Å². The monoisotopic (exact) mass is 301 g/mol. The fraction of sp³-hybridized carbons (Fsp3) is 0.769. The zero-order valence-electron chi connectivity index (χ0n) is 12.8. The van der Waals surface area contributed by atoms with Gasteiger partial charge in [0.15, 0.2) is 0 Å². The van der Waals surface area contributed by atoms with Gasteiger partial charge >= 0.3 is 0 Å². The molecule has 1 heterocycles. The van der Waals surface area contributed by atoms with E-state index in [1.807, 2.05) is 16.7 Å². The van der Waals surface area contributed by atoms with Crippen LogP contribution in [0.5, 0.6) is 0 Å². The lowest BCUT2D eigenvalue weighted by molar-refractivity contribution is 0.153. The fourth-order valence-corrected chi connectivity index (χ4v) is 1.99. The van der Waals surface area contributed by atoms with E-state index in [9.17, 15) is 0 Å². The molecule has 0 aliphatic carbocycles. The van der Waals surface area contributed by atoms with E-state index in [0.717, 1.165) is 26.2 Å². The Morgan fingerprint density at radius 2 is 1.45 bits per heavy atom. The molecule has 0 aromatic carbocycles. The first-order valence-corrected chi connectivity index (χ1v) is 7.53. The van der Waals surface area contributed by atoms with Gasteiger partial charge in [0.1, 0.15) is 0 Å². The van der Waals surface area contributed by atoms with Crippen LogP contribution in [0.25, 0.3) is 0 Å². The molecule has 20 heavy (non-hydrogen) atoms. The number of likely N-dealkylation sites (N-methyl/N-ethyl adjacent to an activating group) is 1. The smallest absolute Gasteiger partial charge is 0.231 e. The average molecular weight is 302 g/mol. The average Bonchev–Trinajstić information content (AvgIpc) is 2.44. The summed E-state index contributed by atoms with van der Waals surface area (Å²) >= 11 is 6.02. The molecule has 6 nitrogen and oxygen atoms in total. The van der Waals surface area contributed by atoms with Crippen LogP contribution in [0.4, 0.5) is 11.9 Å². The van der Waals surface area contributed by atoms with E-state index in [1.54, 1.807) is 0 Å². The Hall–Kier alpha value is -1.14. The molecular weight excluding hydrogens is 278 g/mol. The molecule has 1 aromatic heterocycles. The zero-order chi connectivity index (χ0) is 15.0. The molecule has 7 heteroatoms. The van der Waals surface area contributed by atoms with Crippen LogP contribution < -0.4 is 9.80 Å². The minimum absolute atomic E-state index is 0.228. The lowest BCUT2D eigenvalue weighted by Crippen LogP contribution is -2.31. The summed E-state index contributed by atoms with van der Waals surface area (Å²) in [7, 11) is 0. The zero-order valence-corrected chi connectivity index (χ0v) is 13.5. The molecule has 1 aromatic rings. The van der Waals surface area contributed by atoms with Gasteiger partial charge in [0.25, 0.3) is 0 Å². The van der Waals surface area contributed by atoms with E-state index in [0.29, 0.717) is 25.1 Å². The number of ether oxygens (including phenoxy) is 1. The van der Waals surface area contributed by atoms with E-state index < -0.39 is 0 Å². The van der Waals surface area contributed by atoms with Gasteiger partial charge in [-0.05, 0) is 39.3 Å². The standard InChI is InChI=1S/C13H24ClN5O/c1-5-18(6-2)12-15-11(14)16-13(17-12)19(7-3)9-10-20-8-4/h5-10H2,1-4H3.